The molecule has 3 rings (SSSR count). The molecular weight excluding hydrogens is 216 g/mol. The first-order chi connectivity index (χ1) is 8.20. The molecule has 17 heavy (non-hydrogen) atoms. The van der Waals surface area contributed by atoms with Gasteiger partial charge in [-0.1, -0.05) is 0 Å². The third-order valence-corrected chi connectivity index (χ3v) is 4.41. The van der Waals surface area contributed by atoms with E-state index in [0.29, 0.717) is 0 Å². The van der Waals surface area contributed by atoms with Gasteiger partial charge in [-0.05, 0) is 56.6 Å². The molecule has 2 heterocycles. The highest BCUT2D eigenvalue weighted by molar-refractivity contribution is 5.18. The zero-order valence-corrected chi connectivity index (χ0v) is 10.3. The summed E-state index contributed by atoms with van der Waals surface area (Å²) in [5, 5.41) is 10.4. The minimum Gasteiger partial charge on any atom is -0.466 e. The van der Waals surface area contributed by atoms with E-state index < -0.39 is 6.10 Å². The summed E-state index contributed by atoms with van der Waals surface area (Å²) in [5.41, 5.74) is 1.14. The average molecular weight is 236 g/mol. The van der Waals surface area contributed by atoms with Crippen molar-refractivity contribution in [1.29, 1.82) is 0 Å². The Hall–Kier alpha value is -0.800. The van der Waals surface area contributed by atoms with Gasteiger partial charge in [-0.3, -0.25) is 0 Å². The Morgan fingerprint density at radius 2 is 2.29 bits per heavy atom. The molecule has 1 spiro atoms. The number of furan rings is 1. The van der Waals surface area contributed by atoms with Crippen molar-refractivity contribution in [2.24, 2.45) is 5.92 Å². The molecule has 2 unspecified atom stereocenters. The molecule has 2 atom stereocenters. The van der Waals surface area contributed by atoms with Crippen molar-refractivity contribution in [3.63, 3.8) is 0 Å². The summed E-state index contributed by atoms with van der Waals surface area (Å²) >= 11 is 0. The summed E-state index contributed by atoms with van der Waals surface area (Å²) in [4.78, 5) is 0. The molecule has 1 aromatic rings. The van der Waals surface area contributed by atoms with Gasteiger partial charge in [0.15, 0.2) is 0 Å². The molecule has 94 valence electrons. The van der Waals surface area contributed by atoms with Crippen LogP contribution in [0.1, 0.15) is 49.5 Å². The molecule has 0 radical (unpaired) electrons. The van der Waals surface area contributed by atoms with Crippen LogP contribution in [-0.4, -0.2) is 17.3 Å². The van der Waals surface area contributed by atoms with E-state index in [9.17, 15) is 5.11 Å². The molecule has 1 aromatic heterocycles. The highest BCUT2D eigenvalue weighted by Crippen LogP contribution is 2.47. The number of aliphatic hydroxyl groups is 1. The van der Waals surface area contributed by atoms with Crippen molar-refractivity contribution >= 4 is 0 Å². The monoisotopic (exact) mass is 236 g/mol. The molecular formula is C14H20O3. The molecule has 0 aromatic carbocycles. The Labute approximate surface area is 102 Å². The lowest BCUT2D eigenvalue weighted by atomic mass is 9.70. The van der Waals surface area contributed by atoms with E-state index in [-0.39, 0.29) is 11.5 Å². The van der Waals surface area contributed by atoms with Crippen LogP contribution >= 0.6 is 0 Å². The molecule has 1 aliphatic heterocycles. The Morgan fingerprint density at radius 3 is 2.88 bits per heavy atom. The largest absolute Gasteiger partial charge is 0.466 e. The van der Waals surface area contributed by atoms with Crippen molar-refractivity contribution in [2.75, 3.05) is 6.61 Å². The third-order valence-electron chi connectivity index (χ3n) is 4.41. The molecule has 3 heteroatoms. The maximum atomic E-state index is 10.4. The van der Waals surface area contributed by atoms with Gasteiger partial charge in [0.25, 0.3) is 0 Å². The first-order valence-corrected chi connectivity index (χ1v) is 6.56. The topological polar surface area (TPSA) is 42.6 Å². The Balaban J connectivity index is 1.73. The van der Waals surface area contributed by atoms with Crippen molar-refractivity contribution in [3.8, 4) is 0 Å². The van der Waals surface area contributed by atoms with Gasteiger partial charge in [-0.15, -0.1) is 0 Å². The second-order valence-electron chi connectivity index (χ2n) is 5.55. The van der Waals surface area contributed by atoms with E-state index in [2.05, 4.69) is 0 Å². The summed E-state index contributed by atoms with van der Waals surface area (Å²) in [6, 6.07) is 1.91. The lowest BCUT2D eigenvalue weighted by Gasteiger charge is -2.48. The quantitative estimate of drug-likeness (QED) is 0.858. The van der Waals surface area contributed by atoms with Crippen LogP contribution in [0.2, 0.25) is 0 Å². The Bertz CT molecular complexity index is 392. The van der Waals surface area contributed by atoms with Gasteiger partial charge in [-0.25, -0.2) is 0 Å². The van der Waals surface area contributed by atoms with Gasteiger partial charge >= 0.3 is 0 Å². The van der Waals surface area contributed by atoms with E-state index in [0.717, 1.165) is 43.6 Å². The SMILES string of the molecule is Cc1ccoc1C(O)C1CCOC2(CCC2)C1. The molecule has 1 saturated carbocycles. The molecule has 2 aliphatic rings. The average Bonchev–Trinajstić information content (AvgIpc) is 2.73. The molecule has 0 bridgehead atoms. The molecule has 1 aliphatic carbocycles. The molecule has 1 N–H and O–H groups in total. The standard InChI is InChI=1S/C14H20O3/c1-10-3-7-16-13(10)12(15)11-4-8-17-14(9-11)5-2-6-14/h3,7,11-12,15H,2,4-6,8-9H2,1H3. The number of hydrogen-bond acceptors (Lipinski definition) is 3. The van der Waals surface area contributed by atoms with Crippen LogP contribution in [0, 0.1) is 12.8 Å². The van der Waals surface area contributed by atoms with Gasteiger partial charge in [0, 0.05) is 6.61 Å². The highest BCUT2D eigenvalue weighted by Gasteiger charge is 2.44. The van der Waals surface area contributed by atoms with Crippen LogP contribution in [0.4, 0.5) is 0 Å². The van der Waals surface area contributed by atoms with Crippen LogP contribution in [-0.2, 0) is 4.74 Å². The van der Waals surface area contributed by atoms with Gasteiger partial charge in [-0.2, -0.15) is 0 Å². The minimum atomic E-state index is -0.466. The fraction of sp³-hybridized carbons (Fsp3) is 0.714. The van der Waals surface area contributed by atoms with Gasteiger partial charge in [0.2, 0.25) is 0 Å². The Morgan fingerprint density at radius 1 is 1.47 bits per heavy atom. The summed E-state index contributed by atoms with van der Waals surface area (Å²) in [6.45, 7) is 2.77. The lowest BCUT2D eigenvalue weighted by molar-refractivity contribution is -0.158. The number of ether oxygens (including phenoxy) is 1. The van der Waals surface area contributed by atoms with Crippen molar-refractivity contribution in [1.82, 2.24) is 0 Å². The summed E-state index contributed by atoms with van der Waals surface area (Å²) in [6.07, 6.45) is 6.69. The van der Waals surface area contributed by atoms with Gasteiger partial charge < -0.3 is 14.3 Å². The van der Waals surface area contributed by atoms with Gasteiger partial charge in [0.1, 0.15) is 11.9 Å². The number of rotatable bonds is 2. The molecule has 0 amide bonds. The van der Waals surface area contributed by atoms with Crippen LogP contribution < -0.4 is 0 Å². The molecule has 2 fully saturated rings. The maximum Gasteiger partial charge on any atom is 0.135 e. The number of aliphatic hydroxyl groups excluding tert-OH is 1. The van der Waals surface area contributed by atoms with E-state index in [1.807, 2.05) is 13.0 Å². The normalized spacial score (nSPS) is 28.9. The molecule has 1 saturated heterocycles. The summed E-state index contributed by atoms with van der Waals surface area (Å²) in [7, 11) is 0. The number of hydrogen-bond donors (Lipinski definition) is 1. The van der Waals surface area contributed by atoms with Crippen molar-refractivity contribution < 1.29 is 14.3 Å². The van der Waals surface area contributed by atoms with Crippen LogP contribution in [0.3, 0.4) is 0 Å². The fourth-order valence-electron chi connectivity index (χ4n) is 3.16. The van der Waals surface area contributed by atoms with E-state index in [4.69, 9.17) is 9.15 Å². The molecule has 3 nitrogen and oxygen atoms in total. The minimum absolute atomic E-state index is 0.0877. The van der Waals surface area contributed by atoms with Crippen molar-refractivity contribution in [2.45, 2.75) is 50.7 Å². The van der Waals surface area contributed by atoms with Crippen LogP contribution in [0.15, 0.2) is 16.7 Å². The number of aryl methyl sites for hydroxylation is 1. The summed E-state index contributed by atoms with van der Waals surface area (Å²) in [5.74, 6) is 1.03. The van der Waals surface area contributed by atoms with E-state index >= 15 is 0 Å². The van der Waals surface area contributed by atoms with Crippen LogP contribution in [0.25, 0.3) is 0 Å². The predicted octanol–water partition coefficient (Wildman–Crippen LogP) is 2.97. The van der Waals surface area contributed by atoms with Crippen molar-refractivity contribution in [3.05, 3.63) is 23.7 Å². The zero-order chi connectivity index (χ0) is 11.9. The first kappa shape index (κ1) is 11.3. The third kappa shape index (κ3) is 1.91. The van der Waals surface area contributed by atoms with Crippen LogP contribution in [0.5, 0.6) is 0 Å². The second-order valence-corrected chi connectivity index (χ2v) is 5.55. The maximum absolute atomic E-state index is 10.4. The van der Waals surface area contributed by atoms with E-state index in [1.165, 1.54) is 6.42 Å². The zero-order valence-electron chi connectivity index (χ0n) is 10.3. The first-order valence-electron chi connectivity index (χ1n) is 6.56. The van der Waals surface area contributed by atoms with E-state index in [1.54, 1.807) is 6.26 Å². The van der Waals surface area contributed by atoms with Gasteiger partial charge in [0.05, 0.1) is 11.9 Å². The Kier molecular flexibility index (Phi) is 2.75. The smallest absolute Gasteiger partial charge is 0.135 e. The fourth-order valence-corrected chi connectivity index (χ4v) is 3.16. The predicted molar refractivity (Wildman–Crippen MR) is 63.7 cm³/mol. The second kappa shape index (κ2) is 4.14. The lowest BCUT2D eigenvalue weighted by Crippen LogP contribution is -2.46. The summed E-state index contributed by atoms with van der Waals surface area (Å²) < 4.78 is 11.3. The highest BCUT2D eigenvalue weighted by atomic mass is 16.5.